The predicted molar refractivity (Wildman–Crippen MR) is 71.3 cm³/mol. The van der Waals surface area contributed by atoms with Crippen molar-refractivity contribution in [2.45, 2.75) is 12.5 Å². The Balaban J connectivity index is 2.05. The van der Waals surface area contributed by atoms with Crippen LogP contribution in [0.4, 0.5) is 0 Å². The van der Waals surface area contributed by atoms with Gasteiger partial charge in [0.1, 0.15) is 0 Å². The van der Waals surface area contributed by atoms with E-state index in [2.05, 4.69) is 11.4 Å². The zero-order chi connectivity index (χ0) is 13.2. The number of hydrogen-bond acceptors (Lipinski definition) is 2. The van der Waals surface area contributed by atoms with Gasteiger partial charge in [0.25, 0.3) is 0 Å². The Hall–Kier alpha value is -2.60. The summed E-state index contributed by atoms with van der Waals surface area (Å²) in [4.78, 5) is 11.8. The van der Waals surface area contributed by atoms with Crippen LogP contribution in [0.1, 0.15) is 28.3 Å². The number of fused-ring (bicyclic) bond motifs is 1. The molecule has 19 heavy (non-hydrogen) atoms. The number of hydrogen-bond donors (Lipinski definition) is 1. The number of nitriles is 1. The van der Waals surface area contributed by atoms with Gasteiger partial charge in [0.05, 0.1) is 24.1 Å². The zero-order valence-electron chi connectivity index (χ0n) is 10.3. The van der Waals surface area contributed by atoms with E-state index in [1.54, 1.807) is 12.1 Å². The molecule has 2 aromatic carbocycles. The normalized spacial score (nSPS) is 17.2. The third-order valence-electron chi connectivity index (χ3n) is 3.40. The minimum Gasteiger partial charge on any atom is -0.345 e. The van der Waals surface area contributed by atoms with Crippen molar-refractivity contribution in [3.8, 4) is 6.07 Å². The van der Waals surface area contributed by atoms with Gasteiger partial charge < -0.3 is 5.32 Å². The molecule has 2 aromatic rings. The Morgan fingerprint density at radius 1 is 1.11 bits per heavy atom. The van der Waals surface area contributed by atoms with Crippen LogP contribution in [0.3, 0.4) is 0 Å². The van der Waals surface area contributed by atoms with Crippen LogP contribution >= 0.6 is 0 Å². The molecule has 1 atom stereocenters. The van der Waals surface area contributed by atoms with Crippen molar-refractivity contribution in [1.29, 1.82) is 5.26 Å². The summed E-state index contributed by atoms with van der Waals surface area (Å²) in [6, 6.07) is 17.3. The molecule has 1 aliphatic rings. The van der Waals surface area contributed by atoms with Gasteiger partial charge in [0, 0.05) is 0 Å². The number of benzene rings is 2. The third-order valence-corrected chi connectivity index (χ3v) is 3.40. The highest BCUT2D eigenvalue weighted by Gasteiger charge is 2.24. The lowest BCUT2D eigenvalue weighted by Gasteiger charge is -2.27. The van der Waals surface area contributed by atoms with Crippen molar-refractivity contribution >= 4 is 5.91 Å². The first-order chi connectivity index (χ1) is 9.28. The molecule has 1 amide bonds. The van der Waals surface area contributed by atoms with Crippen LogP contribution in [0.2, 0.25) is 0 Å². The Labute approximate surface area is 111 Å². The molecular formula is C16H12N2O. The highest BCUT2D eigenvalue weighted by atomic mass is 16.1. The molecule has 0 aliphatic carbocycles. The maximum atomic E-state index is 11.8. The smallest absolute Gasteiger partial charge is 0.225 e. The molecule has 0 fully saturated rings. The Kier molecular flexibility index (Phi) is 2.77. The van der Waals surface area contributed by atoms with E-state index in [-0.39, 0.29) is 11.9 Å². The molecule has 1 heterocycles. The molecule has 1 N–H and O–H groups in total. The molecule has 3 rings (SSSR count). The fourth-order valence-corrected chi connectivity index (χ4v) is 2.45. The van der Waals surface area contributed by atoms with Gasteiger partial charge in [-0.15, -0.1) is 0 Å². The summed E-state index contributed by atoms with van der Waals surface area (Å²) in [5, 5.41) is 11.8. The number of carbonyl (C=O) groups is 1. The van der Waals surface area contributed by atoms with Gasteiger partial charge in [-0.05, 0) is 28.8 Å². The molecule has 0 bridgehead atoms. The van der Waals surface area contributed by atoms with E-state index in [1.807, 2.05) is 36.4 Å². The molecule has 0 saturated heterocycles. The van der Waals surface area contributed by atoms with E-state index < -0.39 is 0 Å². The van der Waals surface area contributed by atoms with Crippen LogP contribution < -0.4 is 5.32 Å². The quantitative estimate of drug-likeness (QED) is 0.842. The summed E-state index contributed by atoms with van der Waals surface area (Å²) in [6.07, 6.45) is 0.433. The van der Waals surface area contributed by atoms with E-state index in [9.17, 15) is 4.79 Å². The standard InChI is InChI=1S/C16H12N2O/c17-10-11-5-7-12(8-6-11)16-14-4-2-1-3-13(14)9-15(19)18-16/h1-8,16H,9H2,(H,18,19). The summed E-state index contributed by atoms with van der Waals surface area (Å²) in [5.74, 6) is 0.0352. The fourth-order valence-electron chi connectivity index (χ4n) is 2.45. The molecule has 0 spiro atoms. The van der Waals surface area contributed by atoms with Crippen molar-refractivity contribution in [1.82, 2.24) is 5.32 Å². The second-order valence-electron chi connectivity index (χ2n) is 4.61. The van der Waals surface area contributed by atoms with Gasteiger partial charge in [0.2, 0.25) is 5.91 Å². The lowest BCUT2D eigenvalue weighted by molar-refractivity contribution is -0.121. The zero-order valence-corrected chi connectivity index (χ0v) is 10.3. The molecule has 1 unspecified atom stereocenters. The highest BCUT2D eigenvalue weighted by molar-refractivity contribution is 5.82. The van der Waals surface area contributed by atoms with E-state index >= 15 is 0 Å². The van der Waals surface area contributed by atoms with Crippen molar-refractivity contribution in [3.63, 3.8) is 0 Å². The monoisotopic (exact) mass is 248 g/mol. The summed E-state index contributed by atoms with van der Waals surface area (Å²) in [5.41, 5.74) is 3.83. The summed E-state index contributed by atoms with van der Waals surface area (Å²) in [6.45, 7) is 0. The Morgan fingerprint density at radius 2 is 1.84 bits per heavy atom. The maximum absolute atomic E-state index is 11.8. The summed E-state index contributed by atoms with van der Waals surface area (Å²) >= 11 is 0. The van der Waals surface area contributed by atoms with Crippen molar-refractivity contribution in [2.24, 2.45) is 0 Å². The van der Waals surface area contributed by atoms with Crippen LogP contribution in [0.5, 0.6) is 0 Å². The molecular weight excluding hydrogens is 236 g/mol. The van der Waals surface area contributed by atoms with E-state index in [4.69, 9.17) is 5.26 Å². The van der Waals surface area contributed by atoms with Crippen LogP contribution in [0.25, 0.3) is 0 Å². The van der Waals surface area contributed by atoms with E-state index in [1.165, 1.54) is 0 Å². The second kappa shape index (κ2) is 4.58. The first-order valence-corrected chi connectivity index (χ1v) is 6.15. The molecule has 1 aliphatic heterocycles. The topological polar surface area (TPSA) is 52.9 Å². The fraction of sp³-hybridized carbons (Fsp3) is 0.125. The molecule has 3 heteroatoms. The number of amides is 1. The largest absolute Gasteiger partial charge is 0.345 e. The summed E-state index contributed by atoms with van der Waals surface area (Å²) in [7, 11) is 0. The number of nitrogens with zero attached hydrogens (tertiary/aromatic N) is 1. The van der Waals surface area contributed by atoms with Crippen molar-refractivity contribution < 1.29 is 4.79 Å². The summed E-state index contributed by atoms with van der Waals surface area (Å²) < 4.78 is 0. The lowest BCUT2D eigenvalue weighted by Crippen LogP contribution is -2.35. The van der Waals surface area contributed by atoms with Crippen LogP contribution in [-0.4, -0.2) is 5.91 Å². The maximum Gasteiger partial charge on any atom is 0.225 e. The number of rotatable bonds is 1. The molecule has 0 saturated carbocycles. The molecule has 0 radical (unpaired) electrons. The van der Waals surface area contributed by atoms with Gasteiger partial charge in [-0.1, -0.05) is 36.4 Å². The van der Waals surface area contributed by atoms with Gasteiger partial charge in [-0.25, -0.2) is 0 Å². The van der Waals surface area contributed by atoms with Gasteiger partial charge in [0.15, 0.2) is 0 Å². The van der Waals surface area contributed by atoms with Gasteiger partial charge in [-0.3, -0.25) is 4.79 Å². The minimum atomic E-state index is -0.120. The van der Waals surface area contributed by atoms with Crippen LogP contribution in [-0.2, 0) is 11.2 Å². The van der Waals surface area contributed by atoms with Crippen molar-refractivity contribution in [2.75, 3.05) is 0 Å². The van der Waals surface area contributed by atoms with Crippen LogP contribution in [0, 0.1) is 11.3 Å². The van der Waals surface area contributed by atoms with Crippen molar-refractivity contribution in [3.05, 3.63) is 70.8 Å². The predicted octanol–water partition coefficient (Wildman–Crippen LogP) is 2.32. The highest BCUT2D eigenvalue weighted by Crippen LogP contribution is 2.28. The average molecular weight is 248 g/mol. The Morgan fingerprint density at radius 3 is 2.58 bits per heavy atom. The van der Waals surface area contributed by atoms with E-state index in [0.29, 0.717) is 12.0 Å². The van der Waals surface area contributed by atoms with Gasteiger partial charge >= 0.3 is 0 Å². The lowest BCUT2D eigenvalue weighted by atomic mass is 9.89. The average Bonchev–Trinajstić information content (AvgIpc) is 2.46. The van der Waals surface area contributed by atoms with Crippen LogP contribution in [0.15, 0.2) is 48.5 Å². The molecule has 92 valence electrons. The molecule has 3 nitrogen and oxygen atoms in total. The number of nitrogens with one attached hydrogen (secondary N) is 1. The number of carbonyl (C=O) groups excluding carboxylic acids is 1. The van der Waals surface area contributed by atoms with E-state index in [0.717, 1.165) is 16.7 Å². The Bertz CT molecular complexity index is 668. The third kappa shape index (κ3) is 2.09. The minimum absolute atomic E-state index is 0.0352. The van der Waals surface area contributed by atoms with Gasteiger partial charge in [-0.2, -0.15) is 5.26 Å². The first kappa shape index (κ1) is 11.5. The first-order valence-electron chi connectivity index (χ1n) is 6.15. The second-order valence-corrected chi connectivity index (χ2v) is 4.61. The SMILES string of the molecule is N#Cc1ccc(C2NC(=O)Cc3ccccc32)cc1. The molecule has 0 aromatic heterocycles.